The monoisotopic (exact) mass is 290 g/mol. The van der Waals surface area contributed by atoms with Gasteiger partial charge >= 0.3 is 0 Å². The molecule has 0 radical (unpaired) electrons. The van der Waals surface area contributed by atoms with E-state index in [1.54, 1.807) is 18.2 Å². The highest BCUT2D eigenvalue weighted by Gasteiger charge is 2.21. The van der Waals surface area contributed by atoms with Crippen molar-refractivity contribution in [1.29, 1.82) is 0 Å². The second kappa shape index (κ2) is 6.78. The molecule has 4 heteroatoms. The Balaban J connectivity index is 2.19. The van der Waals surface area contributed by atoms with Gasteiger partial charge in [0, 0.05) is 18.6 Å². The summed E-state index contributed by atoms with van der Waals surface area (Å²) in [5.74, 6) is -0.519. The summed E-state index contributed by atoms with van der Waals surface area (Å²) < 4.78 is 26.3. The third-order valence-corrected chi connectivity index (χ3v) is 3.51. The van der Waals surface area contributed by atoms with Gasteiger partial charge in [-0.1, -0.05) is 24.3 Å². The van der Waals surface area contributed by atoms with Gasteiger partial charge in [0.2, 0.25) is 0 Å². The topological polar surface area (TPSA) is 29.3 Å². The zero-order chi connectivity index (χ0) is 15.4. The Bertz CT molecular complexity index is 582. The lowest BCUT2D eigenvalue weighted by Crippen LogP contribution is -2.37. The molecule has 0 saturated heterocycles. The largest absolute Gasteiger partial charge is 0.326 e. The second-order valence-corrected chi connectivity index (χ2v) is 5.40. The zero-order valence-electron chi connectivity index (χ0n) is 12.3. The van der Waals surface area contributed by atoms with Crippen LogP contribution < -0.4 is 5.73 Å². The van der Waals surface area contributed by atoms with Crippen LogP contribution in [-0.2, 0) is 6.54 Å². The molecule has 2 aromatic carbocycles. The van der Waals surface area contributed by atoms with Gasteiger partial charge in [0.25, 0.3) is 0 Å². The third-order valence-electron chi connectivity index (χ3n) is 3.51. The van der Waals surface area contributed by atoms with Crippen LogP contribution in [0.5, 0.6) is 0 Å². The van der Waals surface area contributed by atoms with Crippen LogP contribution in [0.25, 0.3) is 0 Å². The van der Waals surface area contributed by atoms with Gasteiger partial charge in [-0.15, -0.1) is 0 Å². The summed E-state index contributed by atoms with van der Waals surface area (Å²) in [5.41, 5.74) is 7.91. The summed E-state index contributed by atoms with van der Waals surface area (Å²) in [4.78, 5) is 2.05. The molecule has 2 atom stereocenters. The molecule has 112 valence electrons. The van der Waals surface area contributed by atoms with Gasteiger partial charge in [0.05, 0.1) is 0 Å². The zero-order valence-corrected chi connectivity index (χ0v) is 12.3. The van der Waals surface area contributed by atoms with Crippen LogP contribution in [0.4, 0.5) is 8.78 Å². The average Bonchev–Trinajstić information content (AvgIpc) is 2.41. The van der Waals surface area contributed by atoms with Crippen molar-refractivity contribution >= 4 is 0 Å². The quantitative estimate of drug-likeness (QED) is 0.913. The second-order valence-electron chi connectivity index (χ2n) is 5.40. The normalized spacial score (nSPS) is 14.2. The SMILES string of the molecule is CC(N)C(c1ccc(F)cc1)N(C)Cc1cccc(F)c1. The highest BCUT2D eigenvalue weighted by molar-refractivity contribution is 5.22. The summed E-state index contributed by atoms with van der Waals surface area (Å²) >= 11 is 0. The molecule has 0 fully saturated rings. The van der Waals surface area contributed by atoms with Crippen LogP contribution in [-0.4, -0.2) is 18.0 Å². The standard InChI is InChI=1S/C17H20F2N2/c1-12(20)17(14-6-8-15(18)9-7-14)21(2)11-13-4-3-5-16(19)10-13/h3-10,12,17H,11,20H2,1-2H3. The Morgan fingerprint density at radius 1 is 1.05 bits per heavy atom. The van der Waals surface area contributed by atoms with E-state index in [9.17, 15) is 8.78 Å². The van der Waals surface area contributed by atoms with Crippen molar-refractivity contribution in [3.05, 3.63) is 71.3 Å². The highest BCUT2D eigenvalue weighted by atomic mass is 19.1. The molecule has 2 aromatic rings. The minimum atomic E-state index is -0.269. The van der Waals surface area contributed by atoms with Crippen LogP contribution in [0.3, 0.4) is 0 Å². The van der Waals surface area contributed by atoms with Gasteiger partial charge in [-0.3, -0.25) is 4.90 Å². The van der Waals surface area contributed by atoms with E-state index in [2.05, 4.69) is 0 Å². The Hall–Kier alpha value is -1.78. The number of benzene rings is 2. The van der Waals surface area contributed by atoms with Gasteiger partial charge in [-0.2, -0.15) is 0 Å². The molecule has 0 aromatic heterocycles. The van der Waals surface area contributed by atoms with Gasteiger partial charge in [0.1, 0.15) is 11.6 Å². The summed E-state index contributed by atoms with van der Waals surface area (Å²) in [5, 5.41) is 0. The third kappa shape index (κ3) is 4.09. The fourth-order valence-corrected chi connectivity index (χ4v) is 2.64. The number of hydrogen-bond acceptors (Lipinski definition) is 2. The predicted octanol–water partition coefficient (Wildman–Crippen LogP) is 3.49. The van der Waals surface area contributed by atoms with Crippen molar-refractivity contribution in [2.75, 3.05) is 7.05 Å². The molecule has 2 nitrogen and oxygen atoms in total. The maximum Gasteiger partial charge on any atom is 0.123 e. The molecule has 0 aliphatic heterocycles. The van der Waals surface area contributed by atoms with Crippen LogP contribution in [0.1, 0.15) is 24.1 Å². The molecule has 0 bridgehead atoms. The molecule has 0 aliphatic rings. The molecule has 0 heterocycles. The van der Waals surface area contributed by atoms with Gasteiger partial charge in [-0.05, 0) is 49.4 Å². The fourth-order valence-electron chi connectivity index (χ4n) is 2.64. The van der Waals surface area contributed by atoms with Crippen molar-refractivity contribution in [3.8, 4) is 0 Å². The minimum absolute atomic E-state index is 0.0612. The summed E-state index contributed by atoms with van der Waals surface area (Å²) in [6.07, 6.45) is 0. The van der Waals surface area contributed by atoms with Crippen molar-refractivity contribution in [1.82, 2.24) is 4.90 Å². The molecular formula is C17H20F2N2. The Labute approximate surface area is 124 Å². The van der Waals surface area contributed by atoms with E-state index in [0.717, 1.165) is 11.1 Å². The summed E-state index contributed by atoms with van der Waals surface area (Å²) in [6, 6.07) is 12.7. The number of hydrogen-bond donors (Lipinski definition) is 1. The number of likely N-dealkylation sites (N-methyl/N-ethyl adjacent to an activating group) is 1. The lowest BCUT2D eigenvalue weighted by molar-refractivity contribution is 0.210. The lowest BCUT2D eigenvalue weighted by atomic mass is 9.99. The van der Waals surface area contributed by atoms with Crippen LogP contribution in [0, 0.1) is 11.6 Å². The molecule has 0 saturated carbocycles. The van der Waals surface area contributed by atoms with Crippen molar-refractivity contribution in [3.63, 3.8) is 0 Å². The molecule has 0 aliphatic carbocycles. The smallest absolute Gasteiger partial charge is 0.123 e. The first-order valence-corrected chi connectivity index (χ1v) is 6.93. The van der Waals surface area contributed by atoms with E-state index < -0.39 is 0 Å². The maximum absolute atomic E-state index is 13.3. The Morgan fingerprint density at radius 2 is 1.71 bits per heavy atom. The van der Waals surface area contributed by atoms with E-state index in [4.69, 9.17) is 5.73 Å². The molecule has 21 heavy (non-hydrogen) atoms. The first-order chi connectivity index (χ1) is 9.97. The van der Waals surface area contributed by atoms with Gasteiger partial charge < -0.3 is 5.73 Å². The first kappa shape index (κ1) is 15.6. The summed E-state index contributed by atoms with van der Waals surface area (Å²) in [6.45, 7) is 2.48. The lowest BCUT2D eigenvalue weighted by Gasteiger charge is -2.31. The molecule has 2 rings (SSSR count). The fraction of sp³-hybridized carbons (Fsp3) is 0.294. The van der Waals surface area contributed by atoms with Crippen LogP contribution in [0.15, 0.2) is 48.5 Å². The number of halogens is 2. The molecule has 0 amide bonds. The molecule has 2 N–H and O–H groups in total. The maximum atomic E-state index is 13.3. The van der Waals surface area contributed by atoms with E-state index in [1.807, 2.05) is 24.9 Å². The van der Waals surface area contributed by atoms with E-state index in [1.165, 1.54) is 24.3 Å². The van der Waals surface area contributed by atoms with Gasteiger partial charge in [0.15, 0.2) is 0 Å². The van der Waals surface area contributed by atoms with Crippen molar-refractivity contribution in [2.24, 2.45) is 5.73 Å². The number of nitrogens with two attached hydrogens (primary N) is 1. The number of rotatable bonds is 5. The molecule has 0 spiro atoms. The van der Waals surface area contributed by atoms with E-state index >= 15 is 0 Å². The highest BCUT2D eigenvalue weighted by Crippen LogP contribution is 2.24. The number of nitrogens with zero attached hydrogens (tertiary/aromatic N) is 1. The van der Waals surface area contributed by atoms with E-state index in [0.29, 0.717) is 6.54 Å². The molecule has 2 unspecified atom stereocenters. The molecular weight excluding hydrogens is 270 g/mol. The van der Waals surface area contributed by atoms with Crippen molar-refractivity contribution in [2.45, 2.75) is 25.6 Å². The Kier molecular flexibility index (Phi) is 5.04. The average molecular weight is 290 g/mol. The minimum Gasteiger partial charge on any atom is -0.326 e. The van der Waals surface area contributed by atoms with Crippen LogP contribution >= 0.6 is 0 Å². The van der Waals surface area contributed by atoms with Gasteiger partial charge in [-0.25, -0.2) is 8.78 Å². The summed E-state index contributed by atoms with van der Waals surface area (Å²) in [7, 11) is 1.93. The van der Waals surface area contributed by atoms with E-state index in [-0.39, 0.29) is 23.7 Å². The van der Waals surface area contributed by atoms with Crippen molar-refractivity contribution < 1.29 is 8.78 Å². The van der Waals surface area contributed by atoms with Crippen LogP contribution in [0.2, 0.25) is 0 Å². The Morgan fingerprint density at radius 3 is 2.29 bits per heavy atom. The predicted molar refractivity (Wildman–Crippen MR) is 80.7 cm³/mol. The first-order valence-electron chi connectivity index (χ1n) is 6.93.